The molecule has 6 nitrogen and oxygen atoms in total. The predicted octanol–water partition coefficient (Wildman–Crippen LogP) is 2.95. The normalized spacial score (nSPS) is 14.7. The van der Waals surface area contributed by atoms with E-state index in [2.05, 4.69) is 51.6 Å². The number of carbonyl (C=O) groups excluding carboxylic acids is 2. The molecule has 0 atom stereocenters. The molecule has 1 fully saturated rings. The molecule has 0 aromatic heterocycles. The molecule has 0 saturated carbocycles. The molecule has 6 heteroatoms. The number of piperazine rings is 1. The Morgan fingerprint density at radius 1 is 0.765 bits per heavy atom. The van der Waals surface area contributed by atoms with Crippen LogP contribution in [-0.2, 0) is 29.1 Å². The van der Waals surface area contributed by atoms with Gasteiger partial charge in [0.05, 0.1) is 13.0 Å². The molecule has 3 aromatic carbocycles. The minimum absolute atomic E-state index is 0.0224. The second-order valence-corrected chi connectivity index (χ2v) is 8.90. The molecule has 3 aromatic rings. The van der Waals surface area contributed by atoms with E-state index in [9.17, 15) is 9.59 Å². The maximum absolute atomic E-state index is 12.4. The summed E-state index contributed by atoms with van der Waals surface area (Å²) < 4.78 is 0. The summed E-state index contributed by atoms with van der Waals surface area (Å²) in [5.41, 5.74) is 3.30. The van der Waals surface area contributed by atoms with Crippen LogP contribution in [0.1, 0.15) is 23.6 Å². The number of nitrogens with one attached hydrogen (secondary N) is 2. The molecule has 0 unspecified atom stereocenters. The van der Waals surface area contributed by atoms with Crippen LogP contribution in [0, 0.1) is 0 Å². The largest absolute Gasteiger partial charge is 0.350 e. The van der Waals surface area contributed by atoms with Crippen LogP contribution in [0.5, 0.6) is 0 Å². The van der Waals surface area contributed by atoms with Gasteiger partial charge in [0.2, 0.25) is 11.8 Å². The average Bonchev–Trinajstić information content (AvgIpc) is 2.88. The number of amides is 2. The lowest BCUT2D eigenvalue weighted by Gasteiger charge is -2.34. The molecule has 1 aliphatic rings. The molecule has 1 heterocycles. The first-order chi connectivity index (χ1) is 16.6. The lowest BCUT2D eigenvalue weighted by Crippen LogP contribution is -2.45. The Hall–Kier alpha value is -3.22. The molecule has 0 bridgehead atoms. The van der Waals surface area contributed by atoms with Crippen LogP contribution in [0.2, 0.25) is 0 Å². The summed E-state index contributed by atoms with van der Waals surface area (Å²) in [5.74, 6) is -0.347. The van der Waals surface area contributed by atoms with Crippen molar-refractivity contribution < 1.29 is 9.59 Å². The molecular formula is C28H34N4O2. The maximum Gasteiger partial charge on any atom is 0.239 e. The Bertz CT molecular complexity index is 1100. The second kappa shape index (κ2) is 11.8. The van der Waals surface area contributed by atoms with Gasteiger partial charge >= 0.3 is 0 Å². The van der Waals surface area contributed by atoms with Gasteiger partial charge in [0.25, 0.3) is 0 Å². The first-order valence-electron chi connectivity index (χ1n) is 12.1. The van der Waals surface area contributed by atoms with Crippen molar-refractivity contribution >= 4 is 22.6 Å². The highest BCUT2D eigenvalue weighted by Gasteiger charge is 2.15. The number of fused-ring (bicyclic) bond motifs is 1. The van der Waals surface area contributed by atoms with E-state index >= 15 is 0 Å². The Kier molecular flexibility index (Phi) is 8.28. The smallest absolute Gasteiger partial charge is 0.239 e. The van der Waals surface area contributed by atoms with Crippen LogP contribution in [0.4, 0.5) is 0 Å². The van der Waals surface area contributed by atoms with Crippen molar-refractivity contribution in [3.8, 4) is 0 Å². The number of hydrogen-bond acceptors (Lipinski definition) is 4. The summed E-state index contributed by atoms with van der Waals surface area (Å²) in [5, 5.41) is 7.80. The summed E-state index contributed by atoms with van der Waals surface area (Å²) in [6.07, 6.45) is 0.254. The van der Waals surface area contributed by atoms with Gasteiger partial charge in [0.1, 0.15) is 0 Å². The summed E-state index contributed by atoms with van der Waals surface area (Å²) in [7, 11) is 0. The molecular weight excluding hydrogens is 424 g/mol. The van der Waals surface area contributed by atoms with E-state index in [1.165, 1.54) is 5.56 Å². The average molecular weight is 459 g/mol. The van der Waals surface area contributed by atoms with Gasteiger partial charge in [-0.2, -0.15) is 0 Å². The van der Waals surface area contributed by atoms with Crippen molar-refractivity contribution in [2.75, 3.05) is 39.3 Å². The molecule has 1 aliphatic heterocycles. The highest BCUT2D eigenvalue weighted by molar-refractivity contribution is 5.91. The fraction of sp³-hybridized carbons (Fsp3) is 0.357. The number of nitrogens with zero attached hydrogens (tertiary/aromatic N) is 2. The van der Waals surface area contributed by atoms with E-state index in [4.69, 9.17) is 0 Å². The highest BCUT2D eigenvalue weighted by atomic mass is 16.2. The van der Waals surface area contributed by atoms with Crippen LogP contribution in [-0.4, -0.2) is 60.9 Å². The first-order valence-corrected chi connectivity index (χ1v) is 12.1. The van der Waals surface area contributed by atoms with Crippen LogP contribution in [0.3, 0.4) is 0 Å². The zero-order chi connectivity index (χ0) is 23.8. The standard InChI is InChI=1S/C28H34N4O2/c1-2-31-14-16-32(17-15-31)21-23-12-10-22(11-13-23)19-29-28(34)20-30-27(33)18-25-8-5-7-24-6-3-4-9-26(24)25/h3-13H,2,14-21H2,1H3,(H,29,34)(H,30,33). The summed E-state index contributed by atoms with van der Waals surface area (Å²) in [4.78, 5) is 29.6. The van der Waals surface area contributed by atoms with Crippen molar-refractivity contribution in [1.29, 1.82) is 0 Å². The number of rotatable bonds is 9. The van der Waals surface area contributed by atoms with E-state index < -0.39 is 0 Å². The minimum atomic E-state index is -0.191. The van der Waals surface area contributed by atoms with Gasteiger partial charge in [0.15, 0.2) is 0 Å². The van der Waals surface area contributed by atoms with Crippen LogP contribution < -0.4 is 10.6 Å². The molecule has 34 heavy (non-hydrogen) atoms. The predicted molar refractivity (Wildman–Crippen MR) is 136 cm³/mol. The van der Waals surface area contributed by atoms with Crippen molar-refractivity contribution in [1.82, 2.24) is 20.4 Å². The topological polar surface area (TPSA) is 64.7 Å². The van der Waals surface area contributed by atoms with Gasteiger partial charge in [-0.05, 0) is 34.0 Å². The van der Waals surface area contributed by atoms with Crippen molar-refractivity contribution in [3.05, 3.63) is 83.4 Å². The SMILES string of the molecule is CCN1CCN(Cc2ccc(CNC(=O)CNC(=O)Cc3cccc4ccccc34)cc2)CC1. The molecule has 0 spiro atoms. The fourth-order valence-corrected chi connectivity index (χ4v) is 4.41. The van der Waals surface area contributed by atoms with Crippen molar-refractivity contribution in [3.63, 3.8) is 0 Å². The monoisotopic (exact) mass is 458 g/mol. The number of benzene rings is 3. The zero-order valence-corrected chi connectivity index (χ0v) is 19.9. The molecule has 178 valence electrons. The second-order valence-electron chi connectivity index (χ2n) is 8.90. The van der Waals surface area contributed by atoms with Crippen molar-refractivity contribution in [2.24, 2.45) is 0 Å². The Morgan fingerprint density at radius 3 is 2.21 bits per heavy atom. The third kappa shape index (κ3) is 6.65. The van der Waals surface area contributed by atoms with Gasteiger partial charge in [-0.15, -0.1) is 0 Å². The Morgan fingerprint density at radius 2 is 1.44 bits per heavy atom. The fourth-order valence-electron chi connectivity index (χ4n) is 4.41. The Balaban J connectivity index is 1.18. The zero-order valence-electron chi connectivity index (χ0n) is 19.9. The van der Waals surface area contributed by atoms with Gasteiger partial charge in [0, 0.05) is 39.3 Å². The Labute approximate surface area is 201 Å². The molecule has 0 aliphatic carbocycles. The van der Waals surface area contributed by atoms with E-state index in [1.807, 2.05) is 42.5 Å². The van der Waals surface area contributed by atoms with E-state index in [-0.39, 0.29) is 24.8 Å². The number of hydrogen-bond donors (Lipinski definition) is 2. The van der Waals surface area contributed by atoms with E-state index in [0.29, 0.717) is 6.54 Å². The third-order valence-electron chi connectivity index (χ3n) is 6.51. The van der Waals surface area contributed by atoms with Crippen molar-refractivity contribution in [2.45, 2.75) is 26.4 Å². The van der Waals surface area contributed by atoms with Crippen LogP contribution >= 0.6 is 0 Å². The highest BCUT2D eigenvalue weighted by Crippen LogP contribution is 2.18. The molecule has 0 radical (unpaired) electrons. The molecule has 4 rings (SSSR count). The molecule has 1 saturated heterocycles. The van der Waals surface area contributed by atoms with Crippen LogP contribution in [0.25, 0.3) is 10.8 Å². The van der Waals surface area contributed by atoms with E-state index in [0.717, 1.165) is 61.2 Å². The third-order valence-corrected chi connectivity index (χ3v) is 6.51. The lowest BCUT2D eigenvalue weighted by molar-refractivity contribution is -0.125. The maximum atomic E-state index is 12.4. The first kappa shape index (κ1) is 23.9. The van der Waals surface area contributed by atoms with Gasteiger partial charge in [-0.3, -0.25) is 14.5 Å². The molecule has 2 N–H and O–H groups in total. The number of carbonyl (C=O) groups is 2. The lowest BCUT2D eigenvalue weighted by atomic mass is 10.0. The van der Waals surface area contributed by atoms with Crippen LogP contribution in [0.15, 0.2) is 66.7 Å². The number of likely N-dealkylation sites (N-methyl/N-ethyl adjacent to an activating group) is 1. The van der Waals surface area contributed by atoms with Gasteiger partial charge < -0.3 is 15.5 Å². The molecule has 2 amide bonds. The van der Waals surface area contributed by atoms with E-state index in [1.54, 1.807) is 0 Å². The quantitative estimate of drug-likeness (QED) is 0.518. The summed E-state index contributed by atoms with van der Waals surface area (Å²) in [6, 6.07) is 22.4. The minimum Gasteiger partial charge on any atom is -0.350 e. The van der Waals surface area contributed by atoms with Gasteiger partial charge in [-0.25, -0.2) is 0 Å². The van der Waals surface area contributed by atoms with Gasteiger partial charge in [-0.1, -0.05) is 73.7 Å². The summed E-state index contributed by atoms with van der Waals surface area (Å²) >= 11 is 0. The summed E-state index contributed by atoms with van der Waals surface area (Å²) in [6.45, 7) is 9.23.